The van der Waals surface area contributed by atoms with Gasteiger partial charge in [0.1, 0.15) is 5.82 Å². The van der Waals surface area contributed by atoms with Crippen LogP contribution in [0.25, 0.3) is 22.5 Å². The summed E-state index contributed by atoms with van der Waals surface area (Å²) in [7, 11) is 0. The van der Waals surface area contributed by atoms with Crippen molar-refractivity contribution in [3.05, 3.63) is 60.2 Å². The van der Waals surface area contributed by atoms with Crippen molar-refractivity contribution in [1.82, 2.24) is 10.1 Å². The number of benzene rings is 2. The Balaban J connectivity index is 1.85. The zero-order valence-corrected chi connectivity index (χ0v) is 12.6. The summed E-state index contributed by atoms with van der Waals surface area (Å²) in [6, 6.07) is 14.3. The molecule has 0 amide bonds. The molecule has 0 saturated heterocycles. The summed E-state index contributed by atoms with van der Waals surface area (Å²) in [5, 5.41) is 4.03. The van der Waals surface area contributed by atoms with E-state index in [0.717, 1.165) is 23.1 Å². The van der Waals surface area contributed by atoms with Gasteiger partial charge < -0.3 is 4.52 Å². The molecule has 1 atom stereocenters. The van der Waals surface area contributed by atoms with Gasteiger partial charge in [-0.05, 0) is 29.7 Å². The molecule has 22 heavy (non-hydrogen) atoms. The number of halogens is 1. The zero-order chi connectivity index (χ0) is 15.5. The molecule has 4 heteroatoms. The Labute approximate surface area is 128 Å². The molecule has 0 fully saturated rings. The molecule has 0 spiro atoms. The molecule has 3 aromatic rings. The van der Waals surface area contributed by atoms with Crippen molar-refractivity contribution in [2.45, 2.75) is 26.2 Å². The van der Waals surface area contributed by atoms with Crippen LogP contribution in [-0.2, 0) is 0 Å². The summed E-state index contributed by atoms with van der Waals surface area (Å²) >= 11 is 0. The molecule has 1 aromatic heterocycles. The molecule has 1 unspecified atom stereocenters. The van der Waals surface area contributed by atoms with Gasteiger partial charge >= 0.3 is 0 Å². The van der Waals surface area contributed by atoms with E-state index in [1.165, 1.54) is 12.1 Å². The SMILES string of the molecule is CCC(C)c1nc(-c2ccc(-c3ccc(F)cc3)cc2)no1. The first-order chi connectivity index (χ1) is 10.7. The molecule has 0 aliphatic rings. The fourth-order valence-corrected chi connectivity index (χ4v) is 2.18. The van der Waals surface area contributed by atoms with E-state index < -0.39 is 0 Å². The number of hydrogen-bond donors (Lipinski definition) is 0. The fourth-order valence-electron chi connectivity index (χ4n) is 2.18. The maximum absolute atomic E-state index is 13.0. The predicted molar refractivity (Wildman–Crippen MR) is 83.8 cm³/mol. The van der Waals surface area contributed by atoms with Gasteiger partial charge in [-0.2, -0.15) is 4.98 Å². The van der Waals surface area contributed by atoms with E-state index in [4.69, 9.17) is 4.52 Å². The molecule has 3 rings (SSSR count). The van der Waals surface area contributed by atoms with E-state index in [1.54, 1.807) is 12.1 Å². The van der Waals surface area contributed by atoms with Crippen LogP contribution in [0.4, 0.5) is 4.39 Å². The lowest BCUT2D eigenvalue weighted by Gasteiger charge is -2.02. The number of nitrogens with zero attached hydrogens (tertiary/aromatic N) is 2. The maximum Gasteiger partial charge on any atom is 0.229 e. The quantitative estimate of drug-likeness (QED) is 0.675. The minimum Gasteiger partial charge on any atom is -0.339 e. The van der Waals surface area contributed by atoms with Crippen molar-refractivity contribution in [2.75, 3.05) is 0 Å². The third kappa shape index (κ3) is 2.91. The van der Waals surface area contributed by atoms with Gasteiger partial charge in [0.05, 0.1) is 0 Å². The Kier molecular flexibility index (Phi) is 4.00. The second-order valence-electron chi connectivity index (χ2n) is 5.35. The van der Waals surface area contributed by atoms with Gasteiger partial charge in [0.25, 0.3) is 0 Å². The van der Waals surface area contributed by atoms with Crippen LogP contribution in [0.15, 0.2) is 53.1 Å². The van der Waals surface area contributed by atoms with Gasteiger partial charge in [-0.15, -0.1) is 0 Å². The lowest BCUT2D eigenvalue weighted by Crippen LogP contribution is -1.91. The van der Waals surface area contributed by atoms with Crippen LogP contribution in [-0.4, -0.2) is 10.1 Å². The molecule has 3 nitrogen and oxygen atoms in total. The highest BCUT2D eigenvalue weighted by Gasteiger charge is 2.13. The molecule has 1 heterocycles. The van der Waals surface area contributed by atoms with Gasteiger partial charge in [0.15, 0.2) is 0 Å². The van der Waals surface area contributed by atoms with E-state index in [-0.39, 0.29) is 11.7 Å². The zero-order valence-electron chi connectivity index (χ0n) is 12.6. The Morgan fingerprint density at radius 2 is 1.50 bits per heavy atom. The number of rotatable bonds is 4. The minimum absolute atomic E-state index is 0.232. The molecular weight excluding hydrogens is 279 g/mol. The van der Waals surface area contributed by atoms with Crippen molar-refractivity contribution in [3.63, 3.8) is 0 Å². The smallest absolute Gasteiger partial charge is 0.229 e. The van der Waals surface area contributed by atoms with Crippen LogP contribution < -0.4 is 0 Å². The van der Waals surface area contributed by atoms with Gasteiger partial charge in [0.2, 0.25) is 11.7 Å². The number of aromatic nitrogens is 2. The Morgan fingerprint density at radius 3 is 2.09 bits per heavy atom. The summed E-state index contributed by atoms with van der Waals surface area (Å²) in [5.41, 5.74) is 2.90. The second-order valence-corrected chi connectivity index (χ2v) is 5.35. The largest absolute Gasteiger partial charge is 0.339 e. The fraction of sp³-hybridized carbons (Fsp3) is 0.222. The standard InChI is InChI=1S/C18H17FN2O/c1-3-12(2)18-20-17(21-22-18)15-6-4-13(5-7-15)14-8-10-16(19)11-9-14/h4-12H,3H2,1-2H3. The molecule has 0 aliphatic carbocycles. The highest BCUT2D eigenvalue weighted by Crippen LogP contribution is 2.25. The monoisotopic (exact) mass is 296 g/mol. The van der Waals surface area contributed by atoms with E-state index in [1.807, 2.05) is 24.3 Å². The van der Waals surface area contributed by atoms with Gasteiger partial charge in [-0.3, -0.25) is 0 Å². The van der Waals surface area contributed by atoms with Crippen LogP contribution in [0.1, 0.15) is 32.1 Å². The van der Waals surface area contributed by atoms with Crippen molar-refractivity contribution in [2.24, 2.45) is 0 Å². The van der Waals surface area contributed by atoms with Crippen LogP contribution in [0, 0.1) is 5.82 Å². The second kappa shape index (κ2) is 6.10. The first-order valence-electron chi connectivity index (χ1n) is 7.37. The minimum atomic E-state index is -0.232. The molecule has 112 valence electrons. The van der Waals surface area contributed by atoms with E-state index >= 15 is 0 Å². The summed E-state index contributed by atoms with van der Waals surface area (Å²) in [6.45, 7) is 4.15. The molecule has 2 aromatic carbocycles. The summed E-state index contributed by atoms with van der Waals surface area (Å²) in [6.07, 6.45) is 0.963. The van der Waals surface area contributed by atoms with Crippen LogP contribution >= 0.6 is 0 Å². The summed E-state index contributed by atoms with van der Waals surface area (Å²) in [4.78, 5) is 4.44. The molecular formula is C18H17FN2O. The predicted octanol–water partition coefficient (Wildman–Crippen LogP) is 5.06. The normalized spacial score (nSPS) is 12.3. The third-order valence-corrected chi connectivity index (χ3v) is 3.80. The molecule has 0 radical (unpaired) electrons. The van der Waals surface area contributed by atoms with E-state index in [9.17, 15) is 4.39 Å². The Morgan fingerprint density at radius 1 is 0.955 bits per heavy atom. The van der Waals surface area contributed by atoms with Crippen molar-refractivity contribution in [1.29, 1.82) is 0 Å². The molecule has 0 saturated carbocycles. The summed E-state index contributed by atoms with van der Waals surface area (Å²) < 4.78 is 18.3. The topological polar surface area (TPSA) is 38.9 Å². The third-order valence-electron chi connectivity index (χ3n) is 3.80. The van der Waals surface area contributed by atoms with E-state index in [0.29, 0.717) is 11.7 Å². The first kappa shape index (κ1) is 14.4. The lowest BCUT2D eigenvalue weighted by molar-refractivity contribution is 0.357. The number of hydrogen-bond acceptors (Lipinski definition) is 3. The Hall–Kier alpha value is -2.49. The Bertz CT molecular complexity index is 748. The van der Waals surface area contributed by atoms with E-state index in [2.05, 4.69) is 24.0 Å². The molecule has 0 aliphatic heterocycles. The van der Waals surface area contributed by atoms with Crippen molar-refractivity contribution >= 4 is 0 Å². The average molecular weight is 296 g/mol. The van der Waals surface area contributed by atoms with Crippen LogP contribution in [0.3, 0.4) is 0 Å². The first-order valence-corrected chi connectivity index (χ1v) is 7.37. The van der Waals surface area contributed by atoms with Gasteiger partial charge in [-0.1, -0.05) is 55.4 Å². The van der Waals surface area contributed by atoms with Gasteiger partial charge in [-0.25, -0.2) is 4.39 Å². The summed E-state index contributed by atoms with van der Waals surface area (Å²) in [5.74, 6) is 1.30. The molecule has 0 N–H and O–H groups in total. The van der Waals surface area contributed by atoms with Crippen LogP contribution in [0.2, 0.25) is 0 Å². The van der Waals surface area contributed by atoms with Crippen LogP contribution in [0.5, 0.6) is 0 Å². The highest BCUT2D eigenvalue weighted by molar-refractivity contribution is 5.67. The molecule has 0 bridgehead atoms. The van der Waals surface area contributed by atoms with Crippen molar-refractivity contribution < 1.29 is 8.91 Å². The average Bonchev–Trinajstić information content (AvgIpc) is 3.05. The highest BCUT2D eigenvalue weighted by atomic mass is 19.1. The van der Waals surface area contributed by atoms with Crippen molar-refractivity contribution in [3.8, 4) is 22.5 Å². The lowest BCUT2D eigenvalue weighted by atomic mass is 10.0. The van der Waals surface area contributed by atoms with Gasteiger partial charge in [0, 0.05) is 11.5 Å². The maximum atomic E-state index is 13.0.